The fraction of sp³-hybridized carbons (Fsp3) is 0.400. The highest BCUT2D eigenvalue weighted by Crippen LogP contribution is 2.30. The van der Waals surface area contributed by atoms with Gasteiger partial charge < -0.3 is 10.5 Å². The van der Waals surface area contributed by atoms with Gasteiger partial charge in [0.15, 0.2) is 0 Å². The first-order valence-electron chi connectivity index (χ1n) is 4.45. The number of rotatable bonds is 2. The van der Waals surface area contributed by atoms with E-state index in [2.05, 4.69) is 0 Å². The van der Waals surface area contributed by atoms with E-state index in [-0.39, 0.29) is 11.9 Å². The molecule has 0 aromatic heterocycles. The van der Waals surface area contributed by atoms with Crippen molar-refractivity contribution in [1.82, 2.24) is 0 Å². The molecule has 0 aliphatic carbocycles. The van der Waals surface area contributed by atoms with Crippen molar-refractivity contribution >= 4 is 0 Å². The zero-order chi connectivity index (χ0) is 9.26. The van der Waals surface area contributed by atoms with Gasteiger partial charge in [-0.25, -0.2) is 4.39 Å². The lowest BCUT2D eigenvalue weighted by Crippen LogP contribution is -2.17. The summed E-state index contributed by atoms with van der Waals surface area (Å²) in [6, 6.07) is 4.68. The lowest BCUT2D eigenvalue weighted by atomic mass is 10.1. The average molecular weight is 181 g/mol. The van der Waals surface area contributed by atoms with Crippen molar-refractivity contribution in [2.24, 2.45) is 5.73 Å². The minimum atomic E-state index is -0.243. The summed E-state index contributed by atoms with van der Waals surface area (Å²) in [5, 5.41) is 0. The highest BCUT2D eigenvalue weighted by molar-refractivity contribution is 5.37. The third-order valence-electron chi connectivity index (χ3n) is 2.26. The Morgan fingerprint density at radius 3 is 3.15 bits per heavy atom. The summed E-state index contributed by atoms with van der Waals surface area (Å²) in [4.78, 5) is 0. The minimum Gasteiger partial charge on any atom is -0.490 e. The van der Waals surface area contributed by atoms with Crippen LogP contribution in [0.15, 0.2) is 18.2 Å². The van der Waals surface area contributed by atoms with Crippen LogP contribution in [0.25, 0.3) is 0 Å². The van der Waals surface area contributed by atoms with Crippen molar-refractivity contribution in [1.29, 1.82) is 0 Å². The van der Waals surface area contributed by atoms with E-state index >= 15 is 0 Å². The van der Waals surface area contributed by atoms with E-state index in [0.717, 1.165) is 18.4 Å². The van der Waals surface area contributed by atoms with Gasteiger partial charge in [-0.1, -0.05) is 6.07 Å². The first kappa shape index (κ1) is 8.51. The molecule has 0 fully saturated rings. The average Bonchev–Trinajstić information content (AvgIpc) is 2.46. The van der Waals surface area contributed by atoms with Crippen LogP contribution < -0.4 is 10.5 Å². The molecular weight excluding hydrogens is 169 g/mol. The van der Waals surface area contributed by atoms with E-state index < -0.39 is 0 Å². The maximum Gasteiger partial charge on any atom is 0.126 e. The molecule has 1 aliphatic heterocycles. The van der Waals surface area contributed by atoms with Crippen LogP contribution in [0, 0.1) is 5.82 Å². The number of ether oxygens (including phenoxy) is 1. The van der Waals surface area contributed by atoms with Gasteiger partial charge >= 0.3 is 0 Å². The van der Waals surface area contributed by atoms with Crippen LogP contribution in [0.3, 0.4) is 0 Å². The Morgan fingerprint density at radius 2 is 2.38 bits per heavy atom. The molecule has 2 rings (SSSR count). The van der Waals surface area contributed by atoms with Gasteiger partial charge in [-0.15, -0.1) is 0 Å². The van der Waals surface area contributed by atoms with Gasteiger partial charge in [0, 0.05) is 12.5 Å². The van der Waals surface area contributed by atoms with Gasteiger partial charge in [-0.3, -0.25) is 0 Å². The number of benzene rings is 1. The molecule has 1 heterocycles. The van der Waals surface area contributed by atoms with Crippen molar-refractivity contribution in [3.8, 4) is 5.75 Å². The molecule has 13 heavy (non-hydrogen) atoms. The van der Waals surface area contributed by atoms with Crippen LogP contribution in [0.4, 0.5) is 4.39 Å². The Balaban J connectivity index is 2.16. The zero-order valence-electron chi connectivity index (χ0n) is 7.29. The number of hydrogen-bond donors (Lipinski definition) is 1. The molecule has 2 nitrogen and oxygen atoms in total. The Labute approximate surface area is 76.5 Å². The van der Waals surface area contributed by atoms with Crippen LogP contribution in [0.5, 0.6) is 5.75 Å². The normalized spacial score (nSPS) is 19.7. The summed E-state index contributed by atoms with van der Waals surface area (Å²) in [5.41, 5.74) is 6.50. The summed E-state index contributed by atoms with van der Waals surface area (Å²) in [7, 11) is 0. The van der Waals surface area contributed by atoms with Crippen LogP contribution >= 0.6 is 0 Å². The standard InChI is InChI=1S/C10H12FNO/c11-8-2-1-7-5-9(3-4-12)13-10(7)6-8/h1-2,6,9H,3-5,12H2. The molecule has 0 radical (unpaired) electrons. The summed E-state index contributed by atoms with van der Waals surface area (Å²) in [6.45, 7) is 0.612. The van der Waals surface area contributed by atoms with Crippen LogP contribution in [-0.4, -0.2) is 12.6 Å². The SMILES string of the molecule is NCCC1Cc2ccc(F)cc2O1. The Bertz CT molecular complexity index is 314. The lowest BCUT2D eigenvalue weighted by Gasteiger charge is -2.07. The summed E-state index contributed by atoms with van der Waals surface area (Å²) < 4.78 is 18.3. The molecule has 1 aliphatic rings. The molecule has 0 spiro atoms. The molecular formula is C10H12FNO. The molecule has 0 saturated carbocycles. The van der Waals surface area contributed by atoms with Gasteiger partial charge in [-0.05, 0) is 24.6 Å². The molecule has 1 atom stereocenters. The van der Waals surface area contributed by atoms with E-state index in [1.165, 1.54) is 12.1 Å². The fourth-order valence-electron chi connectivity index (χ4n) is 1.62. The first-order valence-corrected chi connectivity index (χ1v) is 4.45. The predicted octanol–water partition coefficient (Wildman–Crippen LogP) is 1.48. The second kappa shape index (κ2) is 3.34. The molecule has 0 bridgehead atoms. The lowest BCUT2D eigenvalue weighted by molar-refractivity contribution is 0.224. The molecule has 1 aromatic carbocycles. The monoisotopic (exact) mass is 181 g/mol. The van der Waals surface area contributed by atoms with Crippen LogP contribution in [0.2, 0.25) is 0 Å². The van der Waals surface area contributed by atoms with Crippen molar-refractivity contribution in [2.45, 2.75) is 18.9 Å². The number of fused-ring (bicyclic) bond motifs is 1. The topological polar surface area (TPSA) is 35.2 Å². The quantitative estimate of drug-likeness (QED) is 0.750. The van der Waals surface area contributed by atoms with E-state index in [9.17, 15) is 4.39 Å². The van der Waals surface area contributed by atoms with Gasteiger partial charge in [0.2, 0.25) is 0 Å². The van der Waals surface area contributed by atoms with E-state index in [1.54, 1.807) is 6.07 Å². The van der Waals surface area contributed by atoms with E-state index in [0.29, 0.717) is 12.3 Å². The molecule has 0 saturated heterocycles. The summed E-state index contributed by atoms with van der Waals surface area (Å²) in [6.07, 6.45) is 1.82. The second-order valence-electron chi connectivity index (χ2n) is 3.27. The second-order valence-corrected chi connectivity index (χ2v) is 3.27. The number of nitrogens with two attached hydrogens (primary N) is 1. The van der Waals surface area contributed by atoms with Crippen LogP contribution in [-0.2, 0) is 6.42 Å². The largest absolute Gasteiger partial charge is 0.490 e. The van der Waals surface area contributed by atoms with Crippen molar-refractivity contribution in [3.05, 3.63) is 29.6 Å². The van der Waals surface area contributed by atoms with Gasteiger partial charge in [0.05, 0.1) is 0 Å². The highest BCUT2D eigenvalue weighted by Gasteiger charge is 2.22. The van der Waals surface area contributed by atoms with Crippen molar-refractivity contribution < 1.29 is 9.13 Å². The van der Waals surface area contributed by atoms with Crippen molar-refractivity contribution in [2.75, 3.05) is 6.54 Å². The Kier molecular flexibility index (Phi) is 2.19. The molecule has 2 N–H and O–H groups in total. The molecule has 70 valence electrons. The third kappa shape index (κ3) is 1.65. The van der Waals surface area contributed by atoms with E-state index in [1.807, 2.05) is 0 Å². The van der Waals surface area contributed by atoms with E-state index in [4.69, 9.17) is 10.5 Å². The smallest absolute Gasteiger partial charge is 0.126 e. The third-order valence-corrected chi connectivity index (χ3v) is 2.26. The molecule has 1 unspecified atom stereocenters. The molecule has 0 amide bonds. The zero-order valence-corrected chi connectivity index (χ0v) is 7.29. The minimum absolute atomic E-state index is 0.141. The van der Waals surface area contributed by atoms with Crippen molar-refractivity contribution in [3.63, 3.8) is 0 Å². The number of halogens is 1. The molecule has 1 aromatic rings. The van der Waals surface area contributed by atoms with Gasteiger partial charge in [0.1, 0.15) is 17.7 Å². The summed E-state index contributed by atoms with van der Waals surface area (Å²) in [5.74, 6) is 0.436. The van der Waals surface area contributed by atoms with Crippen LogP contribution in [0.1, 0.15) is 12.0 Å². The Hall–Kier alpha value is -1.09. The fourth-order valence-corrected chi connectivity index (χ4v) is 1.62. The first-order chi connectivity index (χ1) is 6.29. The highest BCUT2D eigenvalue weighted by atomic mass is 19.1. The Morgan fingerprint density at radius 1 is 1.54 bits per heavy atom. The maximum absolute atomic E-state index is 12.8. The molecule has 3 heteroatoms. The summed E-state index contributed by atoms with van der Waals surface area (Å²) >= 11 is 0. The van der Waals surface area contributed by atoms with Gasteiger partial charge in [0.25, 0.3) is 0 Å². The maximum atomic E-state index is 12.8. The number of hydrogen-bond acceptors (Lipinski definition) is 2. The predicted molar refractivity (Wildman–Crippen MR) is 48.2 cm³/mol. The van der Waals surface area contributed by atoms with Gasteiger partial charge in [-0.2, -0.15) is 0 Å².